The third kappa shape index (κ3) is 7.71. The van der Waals surface area contributed by atoms with Crippen LogP contribution in [0.5, 0.6) is 0 Å². The van der Waals surface area contributed by atoms with E-state index in [2.05, 4.69) is 13.8 Å². The van der Waals surface area contributed by atoms with Crippen molar-refractivity contribution in [2.45, 2.75) is 58.2 Å². The maximum Gasteiger partial charge on any atom is 0.0674 e. The molecule has 0 fully saturated rings. The van der Waals surface area contributed by atoms with Crippen molar-refractivity contribution in [1.29, 1.82) is 0 Å². The molecule has 0 bridgehead atoms. The molecule has 1 atom stereocenters. The first-order valence-corrected chi connectivity index (χ1v) is 6.48. The predicted octanol–water partition coefficient (Wildman–Crippen LogP) is 1.70. The molecule has 0 saturated heterocycles. The fourth-order valence-corrected chi connectivity index (χ4v) is 1.54. The van der Waals surface area contributed by atoms with Crippen LogP contribution in [0.3, 0.4) is 0 Å². The van der Waals surface area contributed by atoms with Crippen LogP contribution < -0.4 is 5.73 Å². The summed E-state index contributed by atoms with van der Waals surface area (Å²) in [4.78, 5) is 0. The summed E-state index contributed by atoms with van der Waals surface area (Å²) in [5, 5.41) is 8.90. The molecule has 4 heteroatoms. The van der Waals surface area contributed by atoms with E-state index in [0.29, 0.717) is 26.2 Å². The summed E-state index contributed by atoms with van der Waals surface area (Å²) >= 11 is 0. The van der Waals surface area contributed by atoms with Gasteiger partial charge in [-0.2, -0.15) is 0 Å². The molecule has 0 spiro atoms. The summed E-state index contributed by atoms with van der Waals surface area (Å²) in [5.41, 5.74) is 5.02. The van der Waals surface area contributed by atoms with E-state index < -0.39 is 0 Å². The lowest BCUT2D eigenvalue weighted by atomic mass is 9.99. The molecule has 1 unspecified atom stereocenters. The molecule has 0 saturated carbocycles. The highest BCUT2D eigenvalue weighted by Crippen LogP contribution is 2.22. The first-order valence-electron chi connectivity index (χ1n) is 6.48. The van der Waals surface area contributed by atoms with E-state index >= 15 is 0 Å². The molecule has 0 aliphatic carbocycles. The Hall–Kier alpha value is -0.160. The van der Waals surface area contributed by atoms with Crippen molar-refractivity contribution in [1.82, 2.24) is 0 Å². The van der Waals surface area contributed by atoms with Crippen LogP contribution in [0.2, 0.25) is 0 Å². The Morgan fingerprint density at radius 1 is 1.06 bits per heavy atom. The molecule has 3 N–H and O–H groups in total. The Balaban J connectivity index is 3.98. The molecule has 104 valence electrons. The normalized spacial score (nSPS) is 15.9. The van der Waals surface area contributed by atoms with Crippen molar-refractivity contribution >= 4 is 0 Å². The van der Waals surface area contributed by atoms with Crippen LogP contribution in [-0.4, -0.2) is 42.7 Å². The third-order valence-corrected chi connectivity index (χ3v) is 3.15. The fourth-order valence-electron chi connectivity index (χ4n) is 1.54. The Kier molecular flexibility index (Phi) is 7.96. The van der Waals surface area contributed by atoms with Gasteiger partial charge in [0.1, 0.15) is 0 Å². The summed E-state index contributed by atoms with van der Waals surface area (Å²) < 4.78 is 11.5. The largest absolute Gasteiger partial charge is 0.396 e. The maximum absolute atomic E-state index is 8.90. The van der Waals surface area contributed by atoms with Crippen LogP contribution in [0, 0.1) is 0 Å². The van der Waals surface area contributed by atoms with Gasteiger partial charge in [-0.25, -0.2) is 0 Å². The highest BCUT2D eigenvalue weighted by atomic mass is 16.5. The topological polar surface area (TPSA) is 64.7 Å². The zero-order chi connectivity index (χ0) is 13.4. The van der Waals surface area contributed by atoms with Crippen LogP contribution in [0.15, 0.2) is 0 Å². The lowest BCUT2D eigenvalue weighted by molar-refractivity contribution is -0.0844. The Morgan fingerprint density at radius 2 is 1.71 bits per heavy atom. The van der Waals surface area contributed by atoms with E-state index in [4.69, 9.17) is 20.3 Å². The van der Waals surface area contributed by atoms with Gasteiger partial charge in [-0.1, -0.05) is 6.92 Å². The molecule has 0 radical (unpaired) electrons. The van der Waals surface area contributed by atoms with Crippen LogP contribution in [0.4, 0.5) is 0 Å². The number of aliphatic hydroxyl groups is 1. The van der Waals surface area contributed by atoms with E-state index in [1.165, 1.54) is 0 Å². The summed E-state index contributed by atoms with van der Waals surface area (Å²) in [7, 11) is 0. The lowest BCUT2D eigenvalue weighted by Gasteiger charge is -2.31. The Labute approximate surface area is 105 Å². The summed E-state index contributed by atoms with van der Waals surface area (Å²) in [6.07, 6.45) is 2.44. The van der Waals surface area contributed by atoms with Crippen molar-refractivity contribution in [3.05, 3.63) is 0 Å². The number of ether oxygens (including phenoxy) is 2. The van der Waals surface area contributed by atoms with Gasteiger partial charge in [0.2, 0.25) is 0 Å². The first kappa shape index (κ1) is 16.8. The van der Waals surface area contributed by atoms with Gasteiger partial charge in [-0.15, -0.1) is 0 Å². The molecule has 0 aromatic heterocycles. The van der Waals surface area contributed by atoms with E-state index in [-0.39, 0.29) is 17.8 Å². The number of aliphatic hydroxyl groups excluding tert-OH is 1. The second kappa shape index (κ2) is 8.03. The second-order valence-corrected chi connectivity index (χ2v) is 5.27. The zero-order valence-electron chi connectivity index (χ0n) is 11.8. The van der Waals surface area contributed by atoms with E-state index in [0.717, 1.165) is 12.8 Å². The highest BCUT2D eigenvalue weighted by Gasteiger charge is 2.24. The SMILES string of the molecule is CCC(C)(CCOC(C)(C)CCO)OCCN. The minimum Gasteiger partial charge on any atom is -0.396 e. The Morgan fingerprint density at radius 3 is 2.18 bits per heavy atom. The van der Waals surface area contributed by atoms with Crippen LogP contribution in [-0.2, 0) is 9.47 Å². The number of hydrogen-bond acceptors (Lipinski definition) is 4. The van der Waals surface area contributed by atoms with E-state index in [1.807, 2.05) is 13.8 Å². The van der Waals surface area contributed by atoms with Gasteiger partial charge < -0.3 is 20.3 Å². The van der Waals surface area contributed by atoms with E-state index in [9.17, 15) is 0 Å². The number of nitrogens with two attached hydrogens (primary N) is 1. The van der Waals surface area contributed by atoms with Crippen molar-refractivity contribution in [2.75, 3.05) is 26.4 Å². The van der Waals surface area contributed by atoms with Gasteiger partial charge in [0, 0.05) is 13.2 Å². The minimum absolute atomic E-state index is 0.154. The monoisotopic (exact) mass is 247 g/mol. The van der Waals surface area contributed by atoms with Gasteiger partial charge in [0.15, 0.2) is 0 Å². The Bertz CT molecular complexity index is 197. The molecule has 0 heterocycles. The smallest absolute Gasteiger partial charge is 0.0674 e. The molecule has 17 heavy (non-hydrogen) atoms. The summed E-state index contributed by atoms with van der Waals surface area (Å²) in [6, 6.07) is 0. The standard InChI is InChI=1S/C13H29NO3/c1-5-13(4,17-11-8-14)7-10-16-12(2,3)6-9-15/h15H,5-11,14H2,1-4H3. The summed E-state index contributed by atoms with van der Waals surface area (Å²) in [5.74, 6) is 0. The molecule has 0 aromatic rings. The minimum atomic E-state index is -0.267. The lowest BCUT2D eigenvalue weighted by Crippen LogP contribution is -2.34. The average molecular weight is 247 g/mol. The summed E-state index contributed by atoms with van der Waals surface area (Å²) in [6.45, 7) is 10.1. The van der Waals surface area contributed by atoms with Crippen LogP contribution in [0.25, 0.3) is 0 Å². The fraction of sp³-hybridized carbons (Fsp3) is 1.00. The predicted molar refractivity (Wildman–Crippen MR) is 70.1 cm³/mol. The van der Waals surface area contributed by atoms with E-state index in [1.54, 1.807) is 0 Å². The maximum atomic E-state index is 8.90. The van der Waals surface area contributed by atoms with Crippen molar-refractivity contribution < 1.29 is 14.6 Å². The van der Waals surface area contributed by atoms with Gasteiger partial charge in [0.25, 0.3) is 0 Å². The van der Waals surface area contributed by atoms with Gasteiger partial charge in [0.05, 0.1) is 24.4 Å². The molecule has 0 aliphatic heterocycles. The third-order valence-electron chi connectivity index (χ3n) is 3.15. The quantitative estimate of drug-likeness (QED) is 0.616. The number of rotatable bonds is 10. The molecular weight excluding hydrogens is 218 g/mol. The molecular formula is C13H29NO3. The second-order valence-electron chi connectivity index (χ2n) is 5.27. The van der Waals surface area contributed by atoms with Gasteiger partial charge in [-0.3, -0.25) is 0 Å². The number of hydrogen-bond donors (Lipinski definition) is 2. The molecule has 0 rings (SSSR count). The molecule has 0 aromatic carbocycles. The van der Waals surface area contributed by atoms with Crippen molar-refractivity contribution in [3.8, 4) is 0 Å². The molecule has 4 nitrogen and oxygen atoms in total. The highest BCUT2D eigenvalue weighted by molar-refractivity contribution is 4.75. The van der Waals surface area contributed by atoms with Gasteiger partial charge in [-0.05, 0) is 40.0 Å². The van der Waals surface area contributed by atoms with Crippen molar-refractivity contribution in [3.63, 3.8) is 0 Å². The molecule has 0 amide bonds. The van der Waals surface area contributed by atoms with Crippen molar-refractivity contribution in [2.24, 2.45) is 5.73 Å². The average Bonchev–Trinajstić information content (AvgIpc) is 2.26. The first-order chi connectivity index (χ1) is 7.89. The van der Waals surface area contributed by atoms with Crippen LogP contribution >= 0.6 is 0 Å². The zero-order valence-corrected chi connectivity index (χ0v) is 11.8. The molecule has 0 aliphatic rings. The van der Waals surface area contributed by atoms with Crippen LogP contribution in [0.1, 0.15) is 47.0 Å². The van der Waals surface area contributed by atoms with Gasteiger partial charge >= 0.3 is 0 Å².